The van der Waals surface area contributed by atoms with Crippen molar-refractivity contribution in [3.8, 4) is 11.8 Å². The molecule has 0 bridgehead atoms. The second-order valence-electron chi connectivity index (χ2n) is 3.03. The third kappa shape index (κ3) is 3.05. The Balaban J connectivity index is 2.97. The minimum atomic E-state index is -0.976. The number of aryl methyl sites for hydroxylation is 1. The monoisotopic (exact) mass is 215 g/mol. The highest BCUT2D eigenvalue weighted by Crippen LogP contribution is 2.10. The molecule has 0 amide bonds. The van der Waals surface area contributed by atoms with Crippen molar-refractivity contribution in [3.63, 3.8) is 0 Å². The van der Waals surface area contributed by atoms with Gasteiger partial charge in [-0.05, 0) is 30.2 Å². The molecule has 16 heavy (non-hydrogen) atoms. The first-order chi connectivity index (χ1) is 7.65. The van der Waals surface area contributed by atoms with Gasteiger partial charge < -0.3 is 5.11 Å². The Morgan fingerprint density at radius 2 is 2.38 bits per heavy atom. The Morgan fingerprint density at radius 3 is 3.00 bits per heavy atom. The highest BCUT2D eigenvalue weighted by molar-refractivity contribution is 5.89. The summed E-state index contributed by atoms with van der Waals surface area (Å²) in [6.45, 7) is 1.80. The summed E-state index contributed by atoms with van der Waals surface area (Å²) in [6.07, 6.45) is 0. The van der Waals surface area contributed by atoms with Gasteiger partial charge in [-0.25, -0.2) is 4.79 Å². The molecule has 0 saturated carbocycles. The number of aromatic carboxylic acids is 1. The van der Waals surface area contributed by atoms with Crippen molar-refractivity contribution < 1.29 is 9.90 Å². The van der Waals surface area contributed by atoms with Gasteiger partial charge in [0.2, 0.25) is 0 Å². The molecule has 1 aromatic rings. The van der Waals surface area contributed by atoms with Gasteiger partial charge >= 0.3 is 5.97 Å². The van der Waals surface area contributed by atoms with Crippen molar-refractivity contribution in [2.45, 2.75) is 6.92 Å². The van der Waals surface area contributed by atoms with Gasteiger partial charge in [0.15, 0.2) is 0 Å². The molecule has 1 N–H and O–H groups in total. The van der Waals surface area contributed by atoms with Crippen LogP contribution in [-0.4, -0.2) is 17.6 Å². The molecule has 0 atom stereocenters. The number of nitrogens with zero attached hydrogens (tertiary/aromatic N) is 3. The summed E-state index contributed by atoms with van der Waals surface area (Å²) in [5.74, 6) is 4.37. The molecule has 0 spiro atoms. The molecule has 5 heteroatoms. The third-order valence-corrected chi connectivity index (χ3v) is 1.91. The van der Waals surface area contributed by atoms with Gasteiger partial charge in [0, 0.05) is 10.5 Å². The van der Waals surface area contributed by atoms with Crippen LogP contribution in [0.3, 0.4) is 0 Å². The smallest absolute Gasteiger partial charge is 0.335 e. The zero-order valence-corrected chi connectivity index (χ0v) is 8.64. The van der Waals surface area contributed by atoms with E-state index in [1.807, 2.05) is 0 Å². The van der Waals surface area contributed by atoms with Gasteiger partial charge in [-0.2, -0.15) is 0 Å². The van der Waals surface area contributed by atoms with E-state index < -0.39 is 5.97 Å². The second kappa shape index (κ2) is 5.44. The highest BCUT2D eigenvalue weighted by atomic mass is 16.4. The minimum Gasteiger partial charge on any atom is -0.478 e. The van der Waals surface area contributed by atoms with Crippen molar-refractivity contribution in [1.29, 1.82) is 0 Å². The molecule has 0 saturated heterocycles. The van der Waals surface area contributed by atoms with E-state index in [4.69, 9.17) is 10.6 Å². The summed E-state index contributed by atoms with van der Waals surface area (Å²) in [5.41, 5.74) is 9.54. The van der Waals surface area contributed by atoms with Gasteiger partial charge in [0.05, 0.1) is 12.1 Å². The van der Waals surface area contributed by atoms with Gasteiger partial charge in [-0.15, -0.1) is 0 Å². The normalized spacial score (nSPS) is 8.56. The van der Waals surface area contributed by atoms with Crippen molar-refractivity contribution in [2.24, 2.45) is 5.11 Å². The molecule has 0 aromatic heterocycles. The minimum absolute atomic E-state index is 0.0762. The number of azide groups is 1. The van der Waals surface area contributed by atoms with Crippen LogP contribution < -0.4 is 0 Å². The summed E-state index contributed by atoms with van der Waals surface area (Å²) in [4.78, 5) is 13.4. The van der Waals surface area contributed by atoms with Crippen LogP contribution in [0.2, 0.25) is 0 Å². The predicted octanol–water partition coefficient (Wildman–Crippen LogP) is 2.36. The molecule has 0 heterocycles. The van der Waals surface area contributed by atoms with Crippen LogP contribution in [-0.2, 0) is 0 Å². The fourth-order valence-corrected chi connectivity index (χ4v) is 1.14. The number of carbonyl (C=O) groups is 1. The number of benzene rings is 1. The second-order valence-corrected chi connectivity index (χ2v) is 3.03. The summed E-state index contributed by atoms with van der Waals surface area (Å²) in [5, 5.41) is 12.1. The fourth-order valence-electron chi connectivity index (χ4n) is 1.14. The van der Waals surface area contributed by atoms with Crippen LogP contribution in [0.15, 0.2) is 23.3 Å². The van der Waals surface area contributed by atoms with E-state index in [9.17, 15) is 4.79 Å². The van der Waals surface area contributed by atoms with E-state index in [1.165, 1.54) is 6.07 Å². The zero-order chi connectivity index (χ0) is 12.0. The quantitative estimate of drug-likeness (QED) is 0.355. The lowest BCUT2D eigenvalue weighted by molar-refractivity contribution is 0.0696. The molecule has 5 nitrogen and oxygen atoms in total. The van der Waals surface area contributed by atoms with E-state index in [0.29, 0.717) is 11.1 Å². The number of hydrogen-bond acceptors (Lipinski definition) is 2. The highest BCUT2D eigenvalue weighted by Gasteiger charge is 2.06. The maximum Gasteiger partial charge on any atom is 0.335 e. The van der Waals surface area contributed by atoms with Gasteiger partial charge in [-0.3, -0.25) is 0 Å². The maximum absolute atomic E-state index is 10.8. The number of carboxylic acids is 1. The fraction of sp³-hybridized carbons (Fsp3) is 0.182. The van der Waals surface area contributed by atoms with Crippen molar-refractivity contribution in [2.75, 3.05) is 6.54 Å². The average Bonchev–Trinajstić information content (AvgIpc) is 2.26. The molecule has 0 unspecified atom stereocenters. The lowest BCUT2D eigenvalue weighted by atomic mass is 10.1. The molecule has 0 aliphatic rings. The van der Waals surface area contributed by atoms with Crippen LogP contribution in [0.25, 0.3) is 10.4 Å². The molecule has 0 aliphatic carbocycles. The van der Waals surface area contributed by atoms with E-state index in [0.717, 1.165) is 0 Å². The molecule has 1 aromatic carbocycles. The van der Waals surface area contributed by atoms with Crippen LogP contribution in [0.4, 0.5) is 0 Å². The number of rotatable bonds is 2. The van der Waals surface area contributed by atoms with E-state index >= 15 is 0 Å². The zero-order valence-electron chi connectivity index (χ0n) is 8.64. The first-order valence-corrected chi connectivity index (χ1v) is 4.49. The molecule has 0 radical (unpaired) electrons. The predicted molar refractivity (Wildman–Crippen MR) is 59.0 cm³/mol. The van der Waals surface area contributed by atoms with E-state index in [1.54, 1.807) is 19.1 Å². The van der Waals surface area contributed by atoms with Crippen molar-refractivity contribution >= 4 is 5.97 Å². The summed E-state index contributed by atoms with van der Waals surface area (Å²) >= 11 is 0. The summed E-state index contributed by atoms with van der Waals surface area (Å²) in [6, 6.07) is 4.92. The molecule has 0 aliphatic heterocycles. The van der Waals surface area contributed by atoms with Gasteiger partial charge in [0.25, 0.3) is 0 Å². The lowest BCUT2D eigenvalue weighted by Gasteiger charge is -2.00. The number of hydrogen-bond donors (Lipinski definition) is 1. The maximum atomic E-state index is 10.8. The molecule has 80 valence electrons. The first-order valence-electron chi connectivity index (χ1n) is 4.49. The van der Waals surface area contributed by atoms with Crippen LogP contribution in [0.1, 0.15) is 21.5 Å². The summed E-state index contributed by atoms with van der Waals surface area (Å²) < 4.78 is 0. The first kappa shape index (κ1) is 11.6. The van der Waals surface area contributed by atoms with E-state index in [2.05, 4.69) is 21.9 Å². The van der Waals surface area contributed by atoms with Crippen LogP contribution in [0, 0.1) is 18.8 Å². The van der Waals surface area contributed by atoms with E-state index in [-0.39, 0.29) is 12.1 Å². The third-order valence-electron chi connectivity index (χ3n) is 1.91. The Bertz CT molecular complexity index is 520. The lowest BCUT2D eigenvalue weighted by Crippen LogP contribution is -1.99. The standard InChI is InChI=1S/C11H9N3O2/c1-8-4-5-9(3-2-6-13-14-12)7-10(8)11(15)16/h4-5,7H,6H2,1H3,(H,15,16). The SMILES string of the molecule is Cc1ccc(C#CCN=[N+]=[N-])cc1C(=O)O. The Hall–Kier alpha value is -2.44. The molecule has 0 fully saturated rings. The summed E-state index contributed by atoms with van der Waals surface area (Å²) in [7, 11) is 0. The Morgan fingerprint density at radius 1 is 1.62 bits per heavy atom. The van der Waals surface area contributed by atoms with Crippen LogP contribution >= 0.6 is 0 Å². The largest absolute Gasteiger partial charge is 0.478 e. The van der Waals surface area contributed by atoms with Crippen molar-refractivity contribution in [3.05, 3.63) is 45.3 Å². The number of carboxylic acid groups (broad SMARTS) is 1. The van der Waals surface area contributed by atoms with Gasteiger partial charge in [-0.1, -0.05) is 23.0 Å². The average molecular weight is 215 g/mol. The molecule has 1 rings (SSSR count). The molecular formula is C11H9N3O2. The van der Waals surface area contributed by atoms with Gasteiger partial charge in [0.1, 0.15) is 0 Å². The van der Waals surface area contributed by atoms with Crippen molar-refractivity contribution in [1.82, 2.24) is 0 Å². The van der Waals surface area contributed by atoms with Crippen LogP contribution in [0.5, 0.6) is 0 Å². The Kier molecular flexibility index (Phi) is 3.96. The Labute approximate surface area is 92.3 Å². The molecular weight excluding hydrogens is 206 g/mol. The topological polar surface area (TPSA) is 86.1 Å².